The molecule has 0 aliphatic rings. The molecule has 84 valence electrons. The summed E-state index contributed by atoms with van der Waals surface area (Å²) in [6, 6.07) is 7.89. The largest absolute Gasteiger partial charge is 0.497 e. The smallest absolute Gasteiger partial charge is 0.119 e. The van der Waals surface area contributed by atoms with Crippen molar-refractivity contribution >= 4 is 11.8 Å². The van der Waals surface area contributed by atoms with E-state index in [9.17, 15) is 0 Å². The number of rotatable bonds is 6. The van der Waals surface area contributed by atoms with Crippen molar-refractivity contribution in [3.8, 4) is 5.75 Å². The molecule has 0 spiro atoms. The van der Waals surface area contributed by atoms with E-state index in [1.165, 1.54) is 0 Å². The molecule has 3 nitrogen and oxygen atoms in total. The molecule has 0 heterocycles. The maximum absolute atomic E-state index is 8.77. The molecule has 0 aromatic heterocycles. The predicted octanol–water partition coefficient (Wildman–Crippen LogP) is 1.42. The maximum atomic E-state index is 8.77. The minimum Gasteiger partial charge on any atom is -0.497 e. The Morgan fingerprint density at radius 3 is 2.93 bits per heavy atom. The van der Waals surface area contributed by atoms with Crippen LogP contribution in [0.25, 0.3) is 0 Å². The molecule has 1 atom stereocenters. The second kappa shape index (κ2) is 6.71. The lowest BCUT2D eigenvalue weighted by Crippen LogP contribution is -2.10. The van der Waals surface area contributed by atoms with Gasteiger partial charge in [0.15, 0.2) is 0 Å². The summed E-state index contributed by atoms with van der Waals surface area (Å²) in [6.07, 6.45) is 0. The number of hydrogen-bond donors (Lipinski definition) is 2. The van der Waals surface area contributed by atoms with E-state index in [-0.39, 0.29) is 11.9 Å². The minimum atomic E-state index is 0.186. The summed E-state index contributed by atoms with van der Waals surface area (Å²) in [5.74, 6) is 1.55. The highest BCUT2D eigenvalue weighted by atomic mass is 32.2. The number of ether oxygens (including phenoxy) is 1. The Morgan fingerprint density at radius 2 is 2.33 bits per heavy atom. The lowest BCUT2D eigenvalue weighted by Gasteiger charge is -2.14. The Balaban J connectivity index is 2.72. The van der Waals surface area contributed by atoms with Gasteiger partial charge in [0.1, 0.15) is 5.75 Å². The van der Waals surface area contributed by atoms with Gasteiger partial charge in [0.05, 0.1) is 13.7 Å². The van der Waals surface area contributed by atoms with Gasteiger partial charge < -0.3 is 15.6 Å². The van der Waals surface area contributed by atoms with Gasteiger partial charge in [-0.05, 0) is 17.7 Å². The molecule has 0 radical (unpaired) electrons. The van der Waals surface area contributed by atoms with Gasteiger partial charge in [-0.1, -0.05) is 12.1 Å². The molecular formula is C11H17NO2S. The van der Waals surface area contributed by atoms with Gasteiger partial charge >= 0.3 is 0 Å². The Hall–Kier alpha value is -0.710. The molecule has 1 unspecified atom stereocenters. The molecule has 1 aromatic carbocycles. The molecule has 1 rings (SSSR count). The maximum Gasteiger partial charge on any atom is 0.119 e. The summed E-state index contributed by atoms with van der Waals surface area (Å²) in [6.45, 7) is 0.753. The molecule has 0 fully saturated rings. The molecule has 0 aliphatic heterocycles. The van der Waals surface area contributed by atoms with Gasteiger partial charge in [0, 0.05) is 17.5 Å². The Bertz CT molecular complexity index is 294. The molecule has 15 heavy (non-hydrogen) atoms. The SMILES string of the molecule is COc1cccc(C(CN)SCCO)c1. The van der Waals surface area contributed by atoms with Crippen molar-refractivity contribution in [2.45, 2.75) is 5.25 Å². The van der Waals surface area contributed by atoms with Crippen LogP contribution in [-0.2, 0) is 0 Å². The zero-order valence-electron chi connectivity index (χ0n) is 8.85. The lowest BCUT2D eigenvalue weighted by molar-refractivity contribution is 0.322. The van der Waals surface area contributed by atoms with Crippen molar-refractivity contribution in [3.05, 3.63) is 29.8 Å². The van der Waals surface area contributed by atoms with Crippen LogP contribution >= 0.6 is 11.8 Å². The van der Waals surface area contributed by atoms with Crippen LogP contribution in [0, 0.1) is 0 Å². The lowest BCUT2D eigenvalue weighted by atomic mass is 10.1. The normalized spacial score (nSPS) is 12.5. The third kappa shape index (κ3) is 3.74. The Labute approximate surface area is 94.6 Å². The van der Waals surface area contributed by atoms with Crippen LogP contribution in [0.4, 0.5) is 0 Å². The fourth-order valence-corrected chi connectivity index (χ4v) is 2.20. The van der Waals surface area contributed by atoms with Crippen molar-refractivity contribution in [1.29, 1.82) is 0 Å². The second-order valence-corrected chi connectivity index (χ2v) is 4.41. The first-order valence-corrected chi connectivity index (χ1v) is 5.93. The molecule has 1 aromatic rings. The number of thioether (sulfide) groups is 1. The van der Waals surface area contributed by atoms with Crippen LogP contribution in [0.2, 0.25) is 0 Å². The number of nitrogens with two attached hydrogens (primary N) is 1. The summed E-state index contributed by atoms with van der Waals surface area (Å²) in [5.41, 5.74) is 6.84. The minimum absolute atomic E-state index is 0.186. The van der Waals surface area contributed by atoms with E-state index in [0.29, 0.717) is 12.3 Å². The molecule has 3 N–H and O–H groups in total. The predicted molar refractivity (Wildman–Crippen MR) is 64.3 cm³/mol. The summed E-state index contributed by atoms with van der Waals surface area (Å²) in [7, 11) is 1.65. The number of aliphatic hydroxyl groups is 1. The molecule has 0 saturated heterocycles. The quantitative estimate of drug-likeness (QED) is 0.771. The summed E-state index contributed by atoms with van der Waals surface area (Å²) in [4.78, 5) is 0. The van der Waals surface area contributed by atoms with Gasteiger partial charge in [0.25, 0.3) is 0 Å². The number of methoxy groups -OCH3 is 1. The van der Waals surface area contributed by atoms with Crippen LogP contribution in [0.5, 0.6) is 5.75 Å². The zero-order valence-corrected chi connectivity index (χ0v) is 9.67. The van der Waals surface area contributed by atoms with Crippen LogP contribution in [0.15, 0.2) is 24.3 Å². The molecule has 4 heteroatoms. The van der Waals surface area contributed by atoms with E-state index in [1.807, 2.05) is 24.3 Å². The van der Waals surface area contributed by atoms with E-state index in [2.05, 4.69) is 0 Å². The summed E-state index contributed by atoms with van der Waals surface area (Å²) >= 11 is 1.66. The monoisotopic (exact) mass is 227 g/mol. The van der Waals surface area contributed by atoms with Crippen molar-refractivity contribution in [1.82, 2.24) is 0 Å². The topological polar surface area (TPSA) is 55.5 Å². The molecule has 0 aliphatic carbocycles. The van der Waals surface area contributed by atoms with Gasteiger partial charge in [-0.15, -0.1) is 0 Å². The van der Waals surface area contributed by atoms with Crippen molar-refractivity contribution in [3.63, 3.8) is 0 Å². The highest BCUT2D eigenvalue weighted by Crippen LogP contribution is 2.29. The molecule has 0 bridgehead atoms. The van der Waals surface area contributed by atoms with Crippen LogP contribution in [0.1, 0.15) is 10.8 Å². The van der Waals surface area contributed by atoms with Crippen LogP contribution < -0.4 is 10.5 Å². The Kier molecular flexibility index (Phi) is 5.53. The van der Waals surface area contributed by atoms with Gasteiger partial charge in [-0.2, -0.15) is 11.8 Å². The van der Waals surface area contributed by atoms with E-state index < -0.39 is 0 Å². The zero-order chi connectivity index (χ0) is 11.1. The Morgan fingerprint density at radius 1 is 1.53 bits per heavy atom. The average Bonchev–Trinajstić information content (AvgIpc) is 2.30. The highest BCUT2D eigenvalue weighted by Gasteiger charge is 2.10. The van der Waals surface area contributed by atoms with E-state index in [4.69, 9.17) is 15.6 Å². The third-order valence-electron chi connectivity index (χ3n) is 2.09. The van der Waals surface area contributed by atoms with E-state index >= 15 is 0 Å². The van der Waals surface area contributed by atoms with Crippen LogP contribution in [-0.4, -0.2) is 31.1 Å². The summed E-state index contributed by atoms with van der Waals surface area (Å²) in [5, 5.41) is 9.00. The van der Waals surface area contributed by atoms with E-state index in [1.54, 1.807) is 18.9 Å². The standard InChI is InChI=1S/C11H17NO2S/c1-14-10-4-2-3-9(7-10)11(8-12)15-6-5-13/h2-4,7,11,13H,5-6,8,12H2,1H3. The van der Waals surface area contributed by atoms with Crippen molar-refractivity contribution < 1.29 is 9.84 Å². The van der Waals surface area contributed by atoms with Crippen molar-refractivity contribution in [2.75, 3.05) is 26.0 Å². The van der Waals surface area contributed by atoms with Gasteiger partial charge in [-0.25, -0.2) is 0 Å². The highest BCUT2D eigenvalue weighted by molar-refractivity contribution is 7.99. The molecule has 0 amide bonds. The average molecular weight is 227 g/mol. The molecular weight excluding hydrogens is 210 g/mol. The summed E-state index contributed by atoms with van der Waals surface area (Å²) < 4.78 is 5.15. The first kappa shape index (κ1) is 12.4. The first-order chi connectivity index (χ1) is 7.31. The molecule has 0 saturated carbocycles. The first-order valence-electron chi connectivity index (χ1n) is 4.88. The number of aliphatic hydroxyl groups excluding tert-OH is 1. The number of benzene rings is 1. The fraction of sp³-hybridized carbons (Fsp3) is 0.455. The third-order valence-corrected chi connectivity index (χ3v) is 3.38. The fourth-order valence-electron chi connectivity index (χ4n) is 1.34. The van der Waals surface area contributed by atoms with Crippen LogP contribution in [0.3, 0.4) is 0 Å². The van der Waals surface area contributed by atoms with Gasteiger partial charge in [0.2, 0.25) is 0 Å². The van der Waals surface area contributed by atoms with Gasteiger partial charge in [-0.3, -0.25) is 0 Å². The van der Waals surface area contributed by atoms with E-state index in [0.717, 1.165) is 11.3 Å². The number of hydrogen-bond acceptors (Lipinski definition) is 4. The second-order valence-electron chi connectivity index (χ2n) is 3.10. The van der Waals surface area contributed by atoms with Crippen molar-refractivity contribution in [2.24, 2.45) is 5.73 Å².